The highest BCUT2D eigenvalue weighted by Crippen LogP contribution is 2.33. The SMILES string of the molecule is COC(=O)c1ccc(=O)n(Cc2cc([N+](=O)[O-])cc3c2OCOC3)c1. The largest absolute Gasteiger partial charge is 0.467 e. The quantitative estimate of drug-likeness (QED) is 0.468. The average Bonchev–Trinajstić information content (AvgIpc) is 2.62. The van der Waals surface area contributed by atoms with Crippen LogP contribution in [0.2, 0.25) is 0 Å². The van der Waals surface area contributed by atoms with Crippen LogP contribution in [-0.4, -0.2) is 29.4 Å². The molecule has 25 heavy (non-hydrogen) atoms. The van der Waals surface area contributed by atoms with Gasteiger partial charge in [0.2, 0.25) is 0 Å². The van der Waals surface area contributed by atoms with Gasteiger partial charge in [-0.2, -0.15) is 0 Å². The molecule has 2 aromatic rings. The third-order valence-corrected chi connectivity index (χ3v) is 3.73. The molecule has 0 saturated heterocycles. The summed E-state index contributed by atoms with van der Waals surface area (Å²) in [4.78, 5) is 34.3. The molecule has 0 unspecified atom stereocenters. The van der Waals surface area contributed by atoms with Gasteiger partial charge in [0.1, 0.15) is 5.75 Å². The summed E-state index contributed by atoms with van der Waals surface area (Å²) in [6.07, 6.45) is 1.35. The highest BCUT2D eigenvalue weighted by atomic mass is 16.7. The Kier molecular flexibility index (Phi) is 4.48. The maximum Gasteiger partial charge on any atom is 0.339 e. The Morgan fingerprint density at radius 2 is 2.20 bits per heavy atom. The van der Waals surface area contributed by atoms with Crippen LogP contribution >= 0.6 is 0 Å². The third kappa shape index (κ3) is 3.36. The van der Waals surface area contributed by atoms with E-state index in [-0.39, 0.29) is 36.8 Å². The van der Waals surface area contributed by atoms with E-state index in [0.29, 0.717) is 16.9 Å². The van der Waals surface area contributed by atoms with E-state index in [4.69, 9.17) is 9.47 Å². The molecule has 0 aliphatic carbocycles. The zero-order valence-corrected chi connectivity index (χ0v) is 13.3. The maximum absolute atomic E-state index is 12.1. The lowest BCUT2D eigenvalue weighted by Crippen LogP contribution is -2.22. The number of non-ortho nitro benzene ring substituents is 1. The number of esters is 1. The smallest absolute Gasteiger partial charge is 0.339 e. The summed E-state index contributed by atoms with van der Waals surface area (Å²) in [5, 5.41) is 11.1. The summed E-state index contributed by atoms with van der Waals surface area (Å²) < 4.78 is 16.5. The number of aromatic nitrogens is 1. The molecule has 1 aliphatic heterocycles. The number of pyridine rings is 1. The first kappa shape index (κ1) is 16.7. The van der Waals surface area contributed by atoms with Gasteiger partial charge in [-0.3, -0.25) is 14.9 Å². The van der Waals surface area contributed by atoms with Crippen molar-refractivity contribution in [1.29, 1.82) is 0 Å². The molecule has 0 atom stereocenters. The molecule has 9 nitrogen and oxygen atoms in total. The fraction of sp³-hybridized carbons (Fsp3) is 0.250. The molecule has 0 bridgehead atoms. The summed E-state index contributed by atoms with van der Waals surface area (Å²) in [5.41, 5.74) is 0.704. The summed E-state index contributed by atoms with van der Waals surface area (Å²) in [5.74, 6) is -0.133. The van der Waals surface area contributed by atoms with Gasteiger partial charge in [0.25, 0.3) is 11.2 Å². The van der Waals surface area contributed by atoms with Gasteiger partial charge in [-0.15, -0.1) is 0 Å². The molecule has 0 spiro atoms. The molecule has 130 valence electrons. The van der Waals surface area contributed by atoms with Crippen molar-refractivity contribution in [3.8, 4) is 5.75 Å². The van der Waals surface area contributed by atoms with Crippen LogP contribution in [-0.2, 0) is 22.6 Å². The topological polar surface area (TPSA) is 110 Å². The second-order valence-electron chi connectivity index (χ2n) is 5.34. The van der Waals surface area contributed by atoms with Gasteiger partial charge in [-0.05, 0) is 6.07 Å². The second kappa shape index (κ2) is 6.73. The van der Waals surface area contributed by atoms with Crippen molar-refractivity contribution in [1.82, 2.24) is 4.57 Å². The van der Waals surface area contributed by atoms with Crippen LogP contribution in [0.1, 0.15) is 21.5 Å². The predicted octanol–water partition coefficient (Wildman–Crippen LogP) is 1.46. The molecular weight excluding hydrogens is 332 g/mol. The lowest BCUT2D eigenvalue weighted by Gasteiger charge is -2.21. The number of carbonyl (C=O) groups is 1. The fourth-order valence-electron chi connectivity index (χ4n) is 2.58. The van der Waals surface area contributed by atoms with Gasteiger partial charge in [0.05, 0.1) is 30.7 Å². The number of methoxy groups -OCH3 is 1. The van der Waals surface area contributed by atoms with E-state index in [1.54, 1.807) is 0 Å². The third-order valence-electron chi connectivity index (χ3n) is 3.73. The van der Waals surface area contributed by atoms with Crippen molar-refractivity contribution in [3.63, 3.8) is 0 Å². The Morgan fingerprint density at radius 3 is 2.92 bits per heavy atom. The van der Waals surface area contributed by atoms with Crippen molar-refractivity contribution in [2.75, 3.05) is 13.9 Å². The number of fused-ring (bicyclic) bond motifs is 1. The Bertz CT molecular complexity index is 904. The zero-order chi connectivity index (χ0) is 18.0. The van der Waals surface area contributed by atoms with Crippen LogP contribution in [0, 0.1) is 10.1 Å². The minimum Gasteiger partial charge on any atom is -0.467 e. The predicted molar refractivity (Wildman–Crippen MR) is 84.5 cm³/mol. The molecule has 0 amide bonds. The lowest BCUT2D eigenvalue weighted by atomic mass is 10.1. The second-order valence-corrected chi connectivity index (χ2v) is 5.34. The van der Waals surface area contributed by atoms with E-state index in [1.807, 2.05) is 0 Å². The van der Waals surface area contributed by atoms with E-state index < -0.39 is 10.9 Å². The number of nitrogens with zero attached hydrogens (tertiary/aromatic N) is 2. The van der Waals surface area contributed by atoms with Gasteiger partial charge < -0.3 is 18.8 Å². The van der Waals surface area contributed by atoms with E-state index in [0.717, 1.165) is 0 Å². The Balaban J connectivity index is 2.06. The molecule has 1 aromatic carbocycles. The molecule has 1 aromatic heterocycles. The number of ether oxygens (including phenoxy) is 3. The number of rotatable bonds is 4. The highest BCUT2D eigenvalue weighted by Gasteiger charge is 2.21. The molecule has 2 heterocycles. The number of carbonyl (C=O) groups excluding carboxylic acids is 1. The first-order valence-electron chi connectivity index (χ1n) is 7.29. The lowest BCUT2D eigenvalue weighted by molar-refractivity contribution is -0.385. The van der Waals surface area contributed by atoms with Crippen LogP contribution in [0.25, 0.3) is 0 Å². The van der Waals surface area contributed by atoms with Gasteiger partial charge in [0.15, 0.2) is 6.79 Å². The van der Waals surface area contributed by atoms with E-state index in [2.05, 4.69) is 4.74 Å². The number of benzene rings is 1. The standard InChI is InChI=1S/C16H14N2O7/c1-23-16(20)10-2-3-14(19)17(6-10)7-11-4-13(18(21)22)5-12-8-24-9-25-15(11)12/h2-6H,7-9H2,1H3. The van der Waals surface area contributed by atoms with Gasteiger partial charge >= 0.3 is 5.97 Å². The highest BCUT2D eigenvalue weighted by molar-refractivity contribution is 5.88. The minimum absolute atomic E-state index is 0.00762. The number of hydrogen-bond acceptors (Lipinski definition) is 7. The number of hydrogen-bond donors (Lipinski definition) is 0. The van der Waals surface area contributed by atoms with Gasteiger partial charge in [-0.1, -0.05) is 0 Å². The van der Waals surface area contributed by atoms with E-state index in [9.17, 15) is 19.7 Å². The molecule has 0 saturated carbocycles. The summed E-state index contributed by atoms with van der Waals surface area (Å²) in [7, 11) is 1.24. The van der Waals surface area contributed by atoms with E-state index >= 15 is 0 Å². The molecule has 3 rings (SSSR count). The number of nitro benzene ring substituents is 1. The summed E-state index contributed by atoms with van der Waals surface area (Å²) in [6, 6.07) is 5.32. The number of nitro groups is 1. The molecular formula is C16H14N2O7. The molecule has 0 N–H and O–H groups in total. The van der Waals surface area contributed by atoms with Crippen molar-refractivity contribution in [2.45, 2.75) is 13.2 Å². The first-order valence-corrected chi connectivity index (χ1v) is 7.29. The van der Waals surface area contributed by atoms with E-state index in [1.165, 1.54) is 42.1 Å². The summed E-state index contributed by atoms with van der Waals surface area (Å²) >= 11 is 0. The van der Waals surface area contributed by atoms with Crippen LogP contribution in [0.15, 0.2) is 35.3 Å². The molecule has 1 aliphatic rings. The normalized spacial score (nSPS) is 12.8. The van der Waals surface area contributed by atoms with Crippen LogP contribution in [0.5, 0.6) is 5.75 Å². The van der Waals surface area contributed by atoms with Crippen molar-refractivity contribution in [3.05, 3.63) is 67.6 Å². The monoisotopic (exact) mass is 346 g/mol. The van der Waals surface area contributed by atoms with Crippen LogP contribution in [0.3, 0.4) is 0 Å². The zero-order valence-electron chi connectivity index (χ0n) is 13.3. The van der Waals surface area contributed by atoms with Gasteiger partial charge in [-0.25, -0.2) is 4.79 Å². The van der Waals surface area contributed by atoms with Crippen LogP contribution in [0.4, 0.5) is 5.69 Å². The van der Waals surface area contributed by atoms with Crippen molar-refractivity contribution >= 4 is 11.7 Å². The average molecular weight is 346 g/mol. The first-order chi connectivity index (χ1) is 12.0. The Morgan fingerprint density at radius 1 is 1.40 bits per heavy atom. The minimum atomic E-state index is -0.584. The maximum atomic E-state index is 12.1. The molecule has 9 heteroatoms. The Hall–Kier alpha value is -3.20. The van der Waals surface area contributed by atoms with Crippen molar-refractivity contribution in [2.24, 2.45) is 0 Å². The fourth-order valence-corrected chi connectivity index (χ4v) is 2.58. The molecule has 0 radical (unpaired) electrons. The van der Waals surface area contributed by atoms with Gasteiger partial charge in [0, 0.05) is 35.5 Å². The van der Waals surface area contributed by atoms with Crippen LogP contribution < -0.4 is 10.3 Å². The summed E-state index contributed by atoms with van der Waals surface area (Å²) in [6.45, 7) is 0.212. The Labute approximate surface area is 141 Å². The molecule has 0 fully saturated rings. The van der Waals surface area contributed by atoms with Crippen molar-refractivity contribution < 1.29 is 23.9 Å².